The van der Waals surface area contributed by atoms with Gasteiger partial charge in [0.2, 0.25) is 0 Å². The molecule has 7 heteroatoms. The van der Waals surface area contributed by atoms with Gasteiger partial charge in [-0.25, -0.2) is 9.78 Å². The molecule has 0 aliphatic carbocycles. The monoisotopic (exact) mass is 350 g/mol. The number of fused-ring (bicyclic) bond motifs is 1. The smallest absolute Gasteiger partial charge is 0.320 e. The molecule has 0 bridgehead atoms. The first-order valence-corrected chi connectivity index (χ1v) is 8.85. The Morgan fingerprint density at radius 2 is 2.15 bits per heavy atom. The lowest BCUT2D eigenvalue weighted by molar-refractivity contribution is 0.249. The van der Waals surface area contributed by atoms with Crippen LogP contribution < -0.4 is 15.5 Å². The van der Waals surface area contributed by atoms with Crippen LogP contribution >= 0.6 is 0 Å². The van der Waals surface area contributed by atoms with Gasteiger partial charge >= 0.3 is 6.03 Å². The first-order valence-electron chi connectivity index (χ1n) is 8.85. The van der Waals surface area contributed by atoms with Crippen LogP contribution in [0.1, 0.15) is 31.9 Å². The number of hydrogen-bond acceptors (Lipinski definition) is 4. The lowest BCUT2D eigenvalue weighted by Crippen LogP contribution is -2.46. The molecule has 2 aromatic heterocycles. The molecule has 26 heavy (non-hydrogen) atoms. The number of aromatic amines is 1. The van der Waals surface area contributed by atoms with Crippen molar-refractivity contribution in [2.75, 3.05) is 16.8 Å². The minimum atomic E-state index is -0.288. The van der Waals surface area contributed by atoms with Crippen molar-refractivity contribution in [3.05, 3.63) is 48.2 Å². The van der Waals surface area contributed by atoms with E-state index in [-0.39, 0.29) is 12.1 Å². The molecule has 4 rings (SSSR count). The van der Waals surface area contributed by atoms with Gasteiger partial charge in [-0.05, 0) is 25.8 Å². The summed E-state index contributed by atoms with van der Waals surface area (Å²) in [7, 11) is 0. The van der Waals surface area contributed by atoms with E-state index in [4.69, 9.17) is 0 Å². The number of hydrogen-bond donors (Lipinski definition) is 3. The Balaban J connectivity index is 1.45. The summed E-state index contributed by atoms with van der Waals surface area (Å²) in [5.41, 5.74) is 1.91. The van der Waals surface area contributed by atoms with Gasteiger partial charge in [0.15, 0.2) is 5.82 Å². The van der Waals surface area contributed by atoms with Crippen molar-refractivity contribution in [1.82, 2.24) is 20.5 Å². The fourth-order valence-corrected chi connectivity index (χ4v) is 3.19. The minimum Gasteiger partial charge on any atom is -0.352 e. The third-order valence-electron chi connectivity index (χ3n) is 4.91. The Hall–Kier alpha value is -3.09. The van der Waals surface area contributed by atoms with Crippen LogP contribution in [0.2, 0.25) is 0 Å². The summed E-state index contributed by atoms with van der Waals surface area (Å²) in [6, 6.07) is 11.8. The summed E-state index contributed by atoms with van der Waals surface area (Å²) in [5, 5.41) is 14.1. The fraction of sp³-hybridized carbons (Fsp3) is 0.316. The third kappa shape index (κ3) is 3.08. The Morgan fingerprint density at radius 1 is 1.35 bits per heavy atom. The van der Waals surface area contributed by atoms with E-state index in [2.05, 4.69) is 37.6 Å². The maximum atomic E-state index is 12.2. The number of anilines is 2. The van der Waals surface area contributed by atoms with E-state index in [1.54, 1.807) is 6.20 Å². The van der Waals surface area contributed by atoms with Crippen molar-refractivity contribution in [3.8, 4) is 0 Å². The summed E-state index contributed by atoms with van der Waals surface area (Å²) < 4.78 is 0. The molecule has 2 atom stereocenters. The number of nitrogens with one attached hydrogen (secondary N) is 3. The van der Waals surface area contributed by atoms with Crippen LogP contribution in [-0.2, 0) is 0 Å². The first kappa shape index (κ1) is 16.4. The largest absolute Gasteiger partial charge is 0.352 e. The van der Waals surface area contributed by atoms with Crippen molar-refractivity contribution in [2.24, 2.45) is 0 Å². The maximum absolute atomic E-state index is 12.2. The number of carbonyl (C=O) groups is 1. The van der Waals surface area contributed by atoms with Crippen LogP contribution in [-0.4, -0.2) is 33.8 Å². The topological polar surface area (TPSA) is 85.9 Å². The summed E-state index contributed by atoms with van der Waals surface area (Å²) in [5.74, 6) is 1.42. The zero-order valence-corrected chi connectivity index (χ0v) is 14.9. The predicted octanol–water partition coefficient (Wildman–Crippen LogP) is 3.44. The Kier molecular flexibility index (Phi) is 4.20. The molecule has 3 aromatic rings. The standard InChI is InChI=1S/C19H22N6O/c1-12-8-9-25(12)18-15-11-20-17(10-16(15)23-24-18)22-19(26)21-13(2)14-6-4-3-5-7-14/h3-7,10-13H,8-9H2,1-2H3,(H,23,24)(H2,20,21,22,26)/t12-,13-/m1/s1. The number of aromatic nitrogens is 3. The number of benzene rings is 1. The quantitative estimate of drug-likeness (QED) is 0.673. The van der Waals surface area contributed by atoms with E-state index in [9.17, 15) is 4.79 Å². The molecule has 134 valence electrons. The number of rotatable bonds is 4. The Bertz CT molecular complexity index is 922. The highest BCUT2D eigenvalue weighted by Gasteiger charge is 2.27. The second-order valence-electron chi connectivity index (χ2n) is 6.72. The average molecular weight is 350 g/mol. The second-order valence-corrected chi connectivity index (χ2v) is 6.72. The summed E-state index contributed by atoms with van der Waals surface area (Å²) in [4.78, 5) is 18.9. The number of pyridine rings is 1. The van der Waals surface area contributed by atoms with E-state index in [0.29, 0.717) is 11.9 Å². The lowest BCUT2D eigenvalue weighted by Gasteiger charge is -2.39. The number of carbonyl (C=O) groups excluding carboxylic acids is 1. The molecule has 3 heterocycles. The van der Waals surface area contributed by atoms with Crippen molar-refractivity contribution in [3.63, 3.8) is 0 Å². The lowest BCUT2D eigenvalue weighted by atomic mass is 10.1. The molecule has 1 aromatic carbocycles. The SMILES string of the molecule is C[C@@H]1CCN1c1n[nH]c2cc(NC(=O)N[C@H](C)c3ccccc3)ncc12. The van der Waals surface area contributed by atoms with Gasteiger partial charge < -0.3 is 10.2 Å². The van der Waals surface area contributed by atoms with E-state index in [1.165, 1.54) is 6.42 Å². The number of urea groups is 1. The van der Waals surface area contributed by atoms with Gasteiger partial charge in [0, 0.05) is 24.8 Å². The van der Waals surface area contributed by atoms with Crippen LogP contribution in [0.15, 0.2) is 42.6 Å². The van der Waals surface area contributed by atoms with Gasteiger partial charge in [-0.2, -0.15) is 5.10 Å². The molecule has 0 unspecified atom stereocenters. The van der Waals surface area contributed by atoms with Gasteiger partial charge in [0.25, 0.3) is 0 Å². The second kappa shape index (κ2) is 6.67. The highest BCUT2D eigenvalue weighted by Crippen LogP contribution is 2.31. The number of amides is 2. The van der Waals surface area contributed by atoms with Crippen molar-refractivity contribution < 1.29 is 4.79 Å². The van der Waals surface area contributed by atoms with Gasteiger partial charge in [-0.3, -0.25) is 10.4 Å². The third-order valence-corrected chi connectivity index (χ3v) is 4.91. The van der Waals surface area contributed by atoms with Crippen molar-refractivity contribution in [2.45, 2.75) is 32.4 Å². The summed E-state index contributed by atoms with van der Waals surface area (Å²) >= 11 is 0. The van der Waals surface area contributed by atoms with Gasteiger partial charge in [-0.15, -0.1) is 0 Å². The molecular formula is C19H22N6O. The molecule has 1 aliphatic rings. The van der Waals surface area contributed by atoms with E-state index in [0.717, 1.165) is 28.8 Å². The molecule has 1 aliphatic heterocycles. The maximum Gasteiger partial charge on any atom is 0.320 e. The van der Waals surface area contributed by atoms with Crippen LogP contribution in [0.3, 0.4) is 0 Å². The number of nitrogens with zero attached hydrogens (tertiary/aromatic N) is 3. The van der Waals surface area contributed by atoms with Gasteiger partial charge in [0.05, 0.1) is 16.9 Å². The fourth-order valence-electron chi connectivity index (χ4n) is 3.19. The molecule has 0 spiro atoms. The normalized spacial score (nSPS) is 17.6. The summed E-state index contributed by atoms with van der Waals surface area (Å²) in [6.07, 6.45) is 2.94. The van der Waals surface area contributed by atoms with Crippen LogP contribution in [0.25, 0.3) is 10.9 Å². The molecule has 1 fully saturated rings. The molecule has 2 amide bonds. The minimum absolute atomic E-state index is 0.0911. The Labute approximate surface area is 151 Å². The van der Waals surface area contributed by atoms with Crippen molar-refractivity contribution in [1.29, 1.82) is 0 Å². The summed E-state index contributed by atoms with van der Waals surface area (Å²) in [6.45, 7) is 5.15. The molecule has 3 N–H and O–H groups in total. The Morgan fingerprint density at radius 3 is 2.85 bits per heavy atom. The van der Waals surface area contributed by atoms with E-state index < -0.39 is 0 Å². The van der Waals surface area contributed by atoms with E-state index >= 15 is 0 Å². The van der Waals surface area contributed by atoms with Crippen molar-refractivity contribution >= 4 is 28.6 Å². The number of H-pyrrole nitrogens is 1. The molecule has 7 nitrogen and oxygen atoms in total. The first-order chi connectivity index (χ1) is 12.6. The zero-order chi connectivity index (χ0) is 18.1. The zero-order valence-electron chi connectivity index (χ0n) is 14.9. The van der Waals surface area contributed by atoms with Crippen LogP contribution in [0.4, 0.5) is 16.4 Å². The highest BCUT2D eigenvalue weighted by molar-refractivity contribution is 5.94. The van der Waals surface area contributed by atoms with Crippen LogP contribution in [0, 0.1) is 0 Å². The predicted molar refractivity (Wildman–Crippen MR) is 102 cm³/mol. The molecular weight excluding hydrogens is 328 g/mol. The highest BCUT2D eigenvalue weighted by atomic mass is 16.2. The molecule has 0 saturated carbocycles. The van der Waals surface area contributed by atoms with Crippen LogP contribution in [0.5, 0.6) is 0 Å². The molecule has 0 radical (unpaired) electrons. The average Bonchev–Trinajstić information content (AvgIpc) is 3.03. The van der Waals surface area contributed by atoms with Gasteiger partial charge in [-0.1, -0.05) is 30.3 Å². The van der Waals surface area contributed by atoms with Gasteiger partial charge in [0.1, 0.15) is 5.82 Å². The van der Waals surface area contributed by atoms with E-state index in [1.807, 2.05) is 43.3 Å². The molecule has 1 saturated heterocycles.